The number of carbonyl (C=O) groups is 3. The molecular formula is C20H19IN2O4. The van der Waals surface area contributed by atoms with Gasteiger partial charge in [-0.2, -0.15) is 0 Å². The number of nitrogens with one attached hydrogen (secondary N) is 1. The number of halogens is 1. The maximum Gasteiger partial charge on any atom is 0.331 e. The minimum atomic E-state index is -0.667. The van der Waals surface area contributed by atoms with E-state index in [1.807, 2.05) is 0 Å². The molecule has 0 spiro atoms. The zero-order chi connectivity index (χ0) is 19.4. The first-order chi connectivity index (χ1) is 13.0. The summed E-state index contributed by atoms with van der Waals surface area (Å²) in [4.78, 5) is 38.5. The van der Waals surface area contributed by atoms with Crippen LogP contribution in [-0.2, 0) is 9.59 Å². The van der Waals surface area contributed by atoms with E-state index in [2.05, 4.69) is 33.8 Å². The molecule has 1 aliphatic carbocycles. The minimum absolute atomic E-state index is 0.0340. The van der Waals surface area contributed by atoms with E-state index in [4.69, 9.17) is 11.2 Å². The van der Waals surface area contributed by atoms with Crippen molar-refractivity contribution >= 4 is 46.5 Å². The minimum Gasteiger partial charge on any atom is -0.480 e. The SMILES string of the molecule is C#CCOc1ccc(C=C2C(=O)NC(=O)N(C3CCCCC3)C2=O)cc1I. The van der Waals surface area contributed by atoms with Crippen molar-refractivity contribution in [3.63, 3.8) is 0 Å². The number of rotatable bonds is 4. The van der Waals surface area contributed by atoms with Crippen molar-refractivity contribution in [1.29, 1.82) is 0 Å². The van der Waals surface area contributed by atoms with Gasteiger partial charge in [-0.1, -0.05) is 31.2 Å². The normalized spacial score (nSPS) is 19.8. The fourth-order valence-electron chi connectivity index (χ4n) is 3.35. The first-order valence-electron chi connectivity index (χ1n) is 8.77. The largest absolute Gasteiger partial charge is 0.480 e. The summed E-state index contributed by atoms with van der Waals surface area (Å²) < 4.78 is 6.23. The molecule has 0 atom stereocenters. The Morgan fingerprint density at radius 2 is 2.00 bits per heavy atom. The first-order valence-corrected chi connectivity index (χ1v) is 9.85. The molecule has 0 radical (unpaired) electrons. The summed E-state index contributed by atoms with van der Waals surface area (Å²) in [6.45, 7) is 0.162. The molecular weight excluding hydrogens is 459 g/mol. The van der Waals surface area contributed by atoms with Gasteiger partial charge in [0, 0.05) is 6.04 Å². The third-order valence-corrected chi connectivity index (χ3v) is 5.49. The molecule has 0 unspecified atom stereocenters. The predicted octanol–water partition coefficient (Wildman–Crippen LogP) is 3.10. The van der Waals surface area contributed by atoms with Crippen LogP contribution in [0.25, 0.3) is 6.08 Å². The van der Waals surface area contributed by atoms with E-state index in [1.54, 1.807) is 18.2 Å². The van der Waals surface area contributed by atoms with Crippen LogP contribution in [0.5, 0.6) is 5.75 Å². The summed E-state index contributed by atoms with van der Waals surface area (Å²) in [7, 11) is 0. The number of terminal acetylenes is 1. The maximum absolute atomic E-state index is 12.9. The highest BCUT2D eigenvalue weighted by atomic mass is 127. The topological polar surface area (TPSA) is 75.7 Å². The zero-order valence-electron chi connectivity index (χ0n) is 14.7. The van der Waals surface area contributed by atoms with Gasteiger partial charge >= 0.3 is 6.03 Å². The second kappa shape index (κ2) is 8.57. The van der Waals surface area contributed by atoms with Gasteiger partial charge in [-0.05, 0) is 59.2 Å². The molecule has 2 aliphatic rings. The summed E-state index contributed by atoms with van der Waals surface area (Å²) in [5.74, 6) is 1.84. The van der Waals surface area contributed by atoms with Crippen molar-refractivity contribution < 1.29 is 19.1 Å². The molecule has 1 aromatic carbocycles. The number of benzene rings is 1. The van der Waals surface area contributed by atoms with Crippen molar-refractivity contribution in [1.82, 2.24) is 10.2 Å². The van der Waals surface area contributed by atoms with Crippen LogP contribution in [0.1, 0.15) is 37.7 Å². The molecule has 0 bridgehead atoms. The Labute approximate surface area is 171 Å². The first kappa shape index (κ1) is 19.4. The van der Waals surface area contributed by atoms with Crippen LogP contribution in [0.2, 0.25) is 0 Å². The van der Waals surface area contributed by atoms with Gasteiger partial charge in [0.25, 0.3) is 11.8 Å². The van der Waals surface area contributed by atoms with E-state index >= 15 is 0 Å². The molecule has 1 aromatic rings. The molecule has 27 heavy (non-hydrogen) atoms. The second-order valence-electron chi connectivity index (χ2n) is 6.47. The van der Waals surface area contributed by atoms with Crippen LogP contribution in [0.3, 0.4) is 0 Å². The Morgan fingerprint density at radius 1 is 1.26 bits per heavy atom. The van der Waals surface area contributed by atoms with E-state index in [1.165, 1.54) is 11.0 Å². The Balaban J connectivity index is 1.86. The molecule has 3 rings (SSSR count). The summed E-state index contributed by atoms with van der Waals surface area (Å²) in [5.41, 5.74) is 0.636. The number of nitrogens with zero attached hydrogens (tertiary/aromatic N) is 1. The predicted molar refractivity (Wildman–Crippen MR) is 109 cm³/mol. The van der Waals surface area contributed by atoms with E-state index in [9.17, 15) is 14.4 Å². The summed E-state index contributed by atoms with van der Waals surface area (Å²) in [6.07, 6.45) is 11.3. The number of hydrogen-bond donors (Lipinski definition) is 1. The molecule has 1 heterocycles. The van der Waals surface area contributed by atoms with Crippen LogP contribution in [-0.4, -0.2) is 35.4 Å². The van der Waals surface area contributed by atoms with E-state index in [0.29, 0.717) is 11.3 Å². The number of urea groups is 1. The Kier molecular flexibility index (Phi) is 6.16. The van der Waals surface area contributed by atoms with Crippen LogP contribution in [0.15, 0.2) is 23.8 Å². The summed E-state index contributed by atoms with van der Waals surface area (Å²) >= 11 is 2.10. The van der Waals surface area contributed by atoms with Gasteiger partial charge in [0.15, 0.2) is 0 Å². The fourth-order valence-corrected chi connectivity index (χ4v) is 4.05. The highest BCUT2D eigenvalue weighted by Crippen LogP contribution is 2.27. The van der Waals surface area contributed by atoms with Gasteiger partial charge in [0.2, 0.25) is 0 Å². The number of carbonyl (C=O) groups excluding carboxylic acids is 3. The van der Waals surface area contributed by atoms with Crippen molar-refractivity contribution in [2.75, 3.05) is 6.61 Å². The standard InChI is InChI=1S/C20H19IN2O4/c1-2-10-27-17-9-8-13(12-16(17)21)11-15-18(24)22-20(26)23(19(15)25)14-6-4-3-5-7-14/h1,8-9,11-12,14H,3-7,10H2,(H,22,24,26). The van der Waals surface area contributed by atoms with Gasteiger partial charge in [-0.3, -0.25) is 19.8 Å². The quantitative estimate of drug-likeness (QED) is 0.313. The second-order valence-corrected chi connectivity index (χ2v) is 7.63. The van der Waals surface area contributed by atoms with Gasteiger partial charge in [0.1, 0.15) is 17.9 Å². The highest BCUT2D eigenvalue weighted by molar-refractivity contribution is 14.1. The molecule has 1 saturated heterocycles. The Hall–Kier alpha value is -2.34. The average Bonchev–Trinajstić information content (AvgIpc) is 2.65. The molecule has 140 valence electrons. The van der Waals surface area contributed by atoms with E-state index < -0.39 is 17.8 Å². The number of hydrogen-bond acceptors (Lipinski definition) is 4. The molecule has 1 aliphatic heterocycles. The summed E-state index contributed by atoms with van der Waals surface area (Å²) in [5, 5.41) is 2.29. The average molecular weight is 478 g/mol. The van der Waals surface area contributed by atoms with Crippen molar-refractivity contribution in [2.45, 2.75) is 38.1 Å². The smallest absolute Gasteiger partial charge is 0.331 e. The molecule has 2 fully saturated rings. The molecule has 6 nitrogen and oxygen atoms in total. The fraction of sp³-hybridized carbons (Fsp3) is 0.350. The molecule has 0 aromatic heterocycles. The van der Waals surface area contributed by atoms with Crippen LogP contribution in [0, 0.1) is 15.9 Å². The van der Waals surface area contributed by atoms with Crippen LogP contribution in [0.4, 0.5) is 4.79 Å². The van der Waals surface area contributed by atoms with Crippen LogP contribution >= 0.6 is 22.6 Å². The number of imide groups is 2. The lowest BCUT2D eigenvalue weighted by molar-refractivity contribution is -0.132. The maximum atomic E-state index is 12.9. The lowest BCUT2D eigenvalue weighted by Gasteiger charge is -2.35. The lowest BCUT2D eigenvalue weighted by Crippen LogP contribution is -2.58. The molecule has 1 saturated carbocycles. The molecule has 4 amide bonds. The lowest BCUT2D eigenvalue weighted by atomic mass is 9.93. The molecule has 1 N–H and O–H groups in total. The highest BCUT2D eigenvalue weighted by Gasteiger charge is 2.40. The summed E-state index contributed by atoms with van der Waals surface area (Å²) in [6, 6.07) is 4.49. The van der Waals surface area contributed by atoms with Gasteiger partial charge in [0.05, 0.1) is 3.57 Å². The third kappa shape index (κ3) is 4.33. The van der Waals surface area contributed by atoms with Crippen molar-refractivity contribution in [3.8, 4) is 18.1 Å². The third-order valence-electron chi connectivity index (χ3n) is 4.65. The number of amides is 4. The zero-order valence-corrected chi connectivity index (χ0v) is 16.8. The Morgan fingerprint density at radius 3 is 2.67 bits per heavy atom. The van der Waals surface area contributed by atoms with Gasteiger partial charge in [-0.25, -0.2) is 4.79 Å². The molecule has 7 heteroatoms. The Bertz CT molecular complexity index is 850. The monoisotopic (exact) mass is 478 g/mol. The van der Waals surface area contributed by atoms with E-state index in [-0.39, 0.29) is 18.2 Å². The van der Waals surface area contributed by atoms with Crippen molar-refractivity contribution in [2.24, 2.45) is 0 Å². The number of barbiturate groups is 1. The van der Waals surface area contributed by atoms with E-state index in [0.717, 1.165) is 35.7 Å². The van der Waals surface area contributed by atoms with Gasteiger partial charge < -0.3 is 4.74 Å². The number of ether oxygens (including phenoxy) is 1. The van der Waals surface area contributed by atoms with Crippen molar-refractivity contribution in [3.05, 3.63) is 32.9 Å². The van der Waals surface area contributed by atoms with Crippen LogP contribution < -0.4 is 10.1 Å². The van der Waals surface area contributed by atoms with Gasteiger partial charge in [-0.15, -0.1) is 6.42 Å².